The fourth-order valence-electron chi connectivity index (χ4n) is 3.75. The number of hydrogen-bond donors (Lipinski definition) is 1. The van der Waals surface area contributed by atoms with Crippen LogP contribution in [0.5, 0.6) is 0 Å². The number of benzene rings is 3. The molecule has 0 spiro atoms. The van der Waals surface area contributed by atoms with E-state index in [2.05, 4.69) is 4.98 Å². The summed E-state index contributed by atoms with van der Waals surface area (Å²) >= 11 is 12.5. The van der Waals surface area contributed by atoms with Gasteiger partial charge >= 0.3 is 0 Å². The van der Waals surface area contributed by atoms with E-state index in [1.54, 1.807) is 18.2 Å². The fraction of sp³-hybridized carbons (Fsp3) is 0.130. The minimum absolute atomic E-state index is 0.276. The molecule has 4 nitrogen and oxygen atoms in total. The molecule has 1 atom stereocenters. The number of nitrogens with one attached hydrogen (secondary N) is 1. The van der Waals surface area contributed by atoms with Crippen LogP contribution >= 0.6 is 23.2 Å². The first kappa shape index (κ1) is 19.5. The van der Waals surface area contributed by atoms with Crippen LogP contribution in [0.2, 0.25) is 10.0 Å². The molecule has 0 saturated heterocycles. The smallest absolute Gasteiger partial charge is 0.214 e. The lowest BCUT2D eigenvalue weighted by Crippen LogP contribution is -2.15. The van der Waals surface area contributed by atoms with Crippen molar-refractivity contribution in [3.8, 4) is 11.3 Å². The lowest BCUT2D eigenvalue weighted by molar-refractivity contribution is -0.481. The summed E-state index contributed by atoms with van der Waals surface area (Å²) in [6, 6.07) is 21.1. The van der Waals surface area contributed by atoms with Crippen LogP contribution < -0.4 is 0 Å². The van der Waals surface area contributed by atoms with Crippen molar-refractivity contribution in [2.24, 2.45) is 0 Å². The number of H-pyrrole nitrogens is 1. The Labute approximate surface area is 178 Å². The molecule has 4 rings (SSSR count). The van der Waals surface area contributed by atoms with E-state index in [1.807, 2.05) is 55.5 Å². The molecule has 29 heavy (non-hydrogen) atoms. The predicted molar refractivity (Wildman–Crippen MR) is 119 cm³/mol. The van der Waals surface area contributed by atoms with Gasteiger partial charge in [-0.05, 0) is 41.8 Å². The maximum atomic E-state index is 11.6. The normalized spacial score (nSPS) is 12.2. The standard InChI is InChI=1S/C23H18Cl2N2O2/c1-14-6-8-15(9-7-14)23-22(18-4-2-3-5-21(18)26-23)19(13-27(28)29)17-11-10-16(24)12-20(17)25/h2-12,19,26H,13H2,1H3/t19-/m0/s1. The van der Waals surface area contributed by atoms with Crippen molar-refractivity contribution in [1.29, 1.82) is 0 Å². The molecule has 1 N–H and O–H groups in total. The zero-order valence-corrected chi connectivity index (χ0v) is 17.2. The summed E-state index contributed by atoms with van der Waals surface area (Å²) < 4.78 is 0. The Morgan fingerprint density at radius 2 is 1.76 bits per heavy atom. The number of aryl methyl sites for hydroxylation is 1. The van der Waals surface area contributed by atoms with E-state index in [0.717, 1.165) is 33.3 Å². The molecule has 0 radical (unpaired) electrons. The topological polar surface area (TPSA) is 58.9 Å². The average molecular weight is 425 g/mol. The minimum atomic E-state index is -0.526. The van der Waals surface area contributed by atoms with Crippen LogP contribution in [0.4, 0.5) is 0 Å². The third-order valence-electron chi connectivity index (χ3n) is 5.10. The first-order valence-electron chi connectivity index (χ1n) is 9.18. The number of hydrogen-bond acceptors (Lipinski definition) is 2. The van der Waals surface area contributed by atoms with E-state index < -0.39 is 5.92 Å². The second-order valence-corrected chi connectivity index (χ2v) is 7.90. The Balaban J connectivity index is 2.00. The van der Waals surface area contributed by atoms with Crippen molar-refractivity contribution in [3.05, 3.63) is 104 Å². The van der Waals surface area contributed by atoms with Crippen LogP contribution in [0.3, 0.4) is 0 Å². The molecule has 0 bridgehead atoms. The van der Waals surface area contributed by atoms with Gasteiger partial charge in [0.25, 0.3) is 0 Å². The first-order chi connectivity index (χ1) is 13.9. The summed E-state index contributed by atoms with van der Waals surface area (Å²) in [6.45, 7) is 1.75. The number of halogens is 2. The van der Waals surface area contributed by atoms with Crippen LogP contribution in [0.1, 0.15) is 22.6 Å². The van der Waals surface area contributed by atoms with Gasteiger partial charge in [-0.1, -0.05) is 77.3 Å². The van der Waals surface area contributed by atoms with Gasteiger partial charge in [-0.25, -0.2) is 0 Å². The van der Waals surface area contributed by atoms with Crippen molar-refractivity contribution >= 4 is 34.1 Å². The second-order valence-electron chi connectivity index (χ2n) is 7.06. The monoisotopic (exact) mass is 424 g/mol. The largest absolute Gasteiger partial charge is 0.354 e. The Morgan fingerprint density at radius 3 is 2.45 bits per heavy atom. The van der Waals surface area contributed by atoms with Crippen LogP contribution in [0, 0.1) is 17.0 Å². The van der Waals surface area contributed by atoms with Crippen LogP contribution in [0.25, 0.3) is 22.2 Å². The Kier molecular flexibility index (Phi) is 5.31. The van der Waals surface area contributed by atoms with E-state index in [9.17, 15) is 10.1 Å². The number of aromatic nitrogens is 1. The zero-order valence-electron chi connectivity index (χ0n) is 15.7. The second kappa shape index (κ2) is 7.90. The SMILES string of the molecule is Cc1ccc(-c2[nH]c3ccccc3c2[C@@H](C[N+](=O)[O-])c2ccc(Cl)cc2Cl)cc1. The van der Waals surface area contributed by atoms with Crippen LogP contribution in [-0.2, 0) is 0 Å². The highest BCUT2D eigenvalue weighted by molar-refractivity contribution is 6.35. The van der Waals surface area contributed by atoms with E-state index in [1.165, 1.54) is 0 Å². The molecule has 146 valence electrons. The lowest BCUT2D eigenvalue weighted by Gasteiger charge is -2.17. The molecule has 1 aromatic heterocycles. The Hall–Kier alpha value is -2.82. The molecule has 0 aliphatic rings. The minimum Gasteiger partial charge on any atom is -0.354 e. The van der Waals surface area contributed by atoms with Gasteiger partial charge in [-0.2, -0.15) is 0 Å². The van der Waals surface area contributed by atoms with E-state index in [4.69, 9.17) is 23.2 Å². The summed E-state index contributed by atoms with van der Waals surface area (Å²) in [7, 11) is 0. The highest BCUT2D eigenvalue weighted by atomic mass is 35.5. The maximum Gasteiger partial charge on any atom is 0.214 e. The molecule has 0 unspecified atom stereocenters. The zero-order chi connectivity index (χ0) is 20.5. The predicted octanol–water partition coefficient (Wildman–Crippen LogP) is 6.86. The molecule has 1 heterocycles. The molecule has 3 aromatic carbocycles. The van der Waals surface area contributed by atoms with Crippen LogP contribution in [-0.4, -0.2) is 16.5 Å². The molecule has 6 heteroatoms. The number of fused-ring (bicyclic) bond motifs is 1. The highest BCUT2D eigenvalue weighted by Gasteiger charge is 2.29. The fourth-order valence-corrected chi connectivity index (χ4v) is 4.29. The van der Waals surface area contributed by atoms with Crippen molar-refractivity contribution in [3.63, 3.8) is 0 Å². The molecule has 0 aliphatic heterocycles. The number of rotatable bonds is 5. The highest BCUT2D eigenvalue weighted by Crippen LogP contribution is 2.41. The third kappa shape index (κ3) is 3.86. The summed E-state index contributed by atoms with van der Waals surface area (Å²) in [4.78, 5) is 14.8. The van der Waals surface area contributed by atoms with Crippen LogP contribution in [0.15, 0.2) is 66.7 Å². The number of nitrogens with zero attached hydrogens (tertiary/aromatic N) is 1. The van der Waals surface area contributed by atoms with E-state index >= 15 is 0 Å². The average Bonchev–Trinajstić information content (AvgIpc) is 3.06. The van der Waals surface area contributed by atoms with Gasteiger partial charge in [-0.15, -0.1) is 0 Å². The quantitative estimate of drug-likeness (QED) is 0.281. The maximum absolute atomic E-state index is 11.6. The molecule has 0 amide bonds. The Bertz CT molecular complexity index is 1200. The summed E-state index contributed by atoms with van der Waals surface area (Å²) in [5.74, 6) is -0.526. The van der Waals surface area contributed by atoms with Gasteiger partial charge in [-0.3, -0.25) is 10.1 Å². The molecule has 0 fully saturated rings. The van der Waals surface area contributed by atoms with Crippen molar-refractivity contribution < 1.29 is 4.92 Å². The van der Waals surface area contributed by atoms with E-state index in [0.29, 0.717) is 15.6 Å². The summed E-state index contributed by atoms with van der Waals surface area (Å²) in [5.41, 5.74) is 5.46. The van der Waals surface area contributed by atoms with Gasteiger partial charge in [0.1, 0.15) is 0 Å². The molecule has 4 aromatic rings. The Morgan fingerprint density at radius 1 is 1.03 bits per heavy atom. The lowest BCUT2D eigenvalue weighted by atomic mass is 9.87. The van der Waals surface area contributed by atoms with Crippen molar-refractivity contribution in [2.75, 3.05) is 6.54 Å². The molecular weight excluding hydrogens is 407 g/mol. The van der Waals surface area contributed by atoms with Gasteiger partial charge in [0.2, 0.25) is 6.54 Å². The molecular formula is C23H18Cl2N2O2. The number of nitro groups is 1. The van der Waals surface area contributed by atoms with Gasteiger partial charge in [0.15, 0.2) is 0 Å². The van der Waals surface area contributed by atoms with Gasteiger partial charge in [0.05, 0.1) is 11.6 Å². The molecule has 0 saturated carbocycles. The first-order valence-corrected chi connectivity index (χ1v) is 9.94. The number of para-hydroxylation sites is 1. The van der Waals surface area contributed by atoms with E-state index in [-0.39, 0.29) is 11.5 Å². The summed E-state index contributed by atoms with van der Waals surface area (Å²) in [5, 5.41) is 13.5. The molecule has 0 aliphatic carbocycles. The summed E-state index contributed by atoms with van der Waals surface area (Å²) in [6.07, 6.45) is 0. The van der Waals surface area contributed by atoms with Crippen molar-refractivity contribution in [2.45, 2.75) is 12.8 Å². The van der Waals surface area contributed by atoms with Crippen molar-refractivity contribution in [1.82, 2.24) is 4.98 Å². The van der Waals surface area contributed by atoms with Gasteiger partial charge in [0, 0.05) is 25.9 Å². The number of aromatic amines is 1. The van der Waals surface area contributed by atoms with Gasteiger partial charge < -0.3 is 4.98 Å². The third-order valence-corrected chi connectivity index (χ3v) is 5.67.